The second kappa shape index (κ2) is 8.62. The minimum atomic E-state index is -4.51. The Balaban J connectivity index is 1.41. The summed E-state index contributed by atoms with van der Waals surface area (Å²) in [6.07, 6.45) is -3.03. The molecule has 2 aromatic carbocycles. The third-order valence-corrected chi connectivity index (χ3v) is 6.08. The van der Waals surface area contributed by atoms with Crippen molar-refractivity contribution in [3.63, 3.8) is 0 Å². The fourth-order valence-corrected chi connectivity index (χ4v) is 4.31. The molecule has 3 aromatic heterocycles. The maximum Gasteiger partial charge on any atom is 0.416 e. The Labute approximate surface area is 198 Å². The Morgan fingerprint density at radius 2 is 1.91 bits per heavy atom. The van der Waals surface area contributed by atoms with Gasteiger partial charge in [0.25, 0.3) is 5.56 Å². The van der Waals surface area contributed by atoms with Crippen LogP contribution in [0.15, 0.2) is 69.9 Å². The van der Waals surface area contributed by atoms with E-state index < -0.39 is 17.3 Å². The van der Waals surface area contributed by atoms with Crippen LogP contribution in [0.1, 0.15) is 17.1 Å². The molecule has 0 fully saturated rings. The number of thiazole rings is 1. The highest BCUT2D eigenvalue weighted by atomic mass is 35.5. The number of para-hydroxylation sites is 1. The molecule has 0 saturated carbocycles. The molecular formula is C23H13ClF3N3O3S. The average molecular weight is 504 g/mol. The number of fused-ring (bicyclic) bond motifs is 1. The number of aromatic nitrogens is 3. The predicted octanol–water partition coefficient (Wildman–Crippen LogP) is 5.21. The van der Waals surface area contributed by atoms with Crippen molar-refractivity contribution in [3.8, 4) is 17.1 Å². The fraction of sp³-hybridized carbons (Fsp3) is 0.0870. The van der Waals surface area contributed by atoms with Gasteiger partial charge in [-0.3, -0.25) is 4.79 Å². The molecule has 172 valence electrons. The summed E-state index contributed by atoms with van der Waals surface area (Å²) in [7, 11) is 0. The lowest BCUT2D eigenvalue weighted by Gasteiger charge is -2.09. The molecule has 5 rings (SSSR count). The lowest BCUT2D eigenvalue weighted by Crippen LogP contribution is -2.23. The van der Waals surface area contributed by atoms with Crippen LogP contribution in [0.3, 0.4) is 0 Å². The van der Waals surface area contributed by atoms with Crippen LogP contribution in [-0.4, -0.2) is 14.6 Å². The summed E-state index contributed by atoms with van der Waals surface area (Å²) >= 11 is 7.18. The zero-order valence-corrected chi connectivity index (χ0v) is 18.6. The third kappa shape index (κ3) is 4.42. The van der Waals surface area contributed by atoms with Gasteiger partial charge in [-0.25, -0.2) is 0 Å². The molecular weight excluding hydrogens is 491 g/mol. The van der Waals surface area contributed by atoms with Crippen molar-refractivity contribution in [1.82, 2.24) is 14.6 Å². The molecule has 0 bridgehead atoms. The maximum atomic E-state index is 13.1. The molecule has 0 unspecified atom stereocenters. The zero-order chi connectivity index (χ0) is 23.9. The minimum Gasteiger partial charge on any atom is -0.486 e. The largest absolute Gasteiger partial charge is 0.486 e. The molecule has 0 atom stereocenters. The van der Waals surface area contributed by atoms with Gasteiger partial charge in [0.1, 0.15) is 28.4 Å². The first-order chi connectivity index (χ1) is 16.3. The van der Waals surface area contributed by atoms with Crippen molar-refractivity contribution in [3.05, 3.63) is 97.7 Å². The van der Waals surface area contributed by atoms with Gasteiger partial charge in [0.15, 0.2) is 5.82 Å². The molecule has 34 heavy (non-hydrogen) atoms. The normalized spacial score (nSPS) is 12.5. The van der Waals surface area contributed by atoms with Crippen molar-refractivity contribution in [2.24, 2.45) is 0 Å². The third-order valence-electron chi connectivity index (χ3n) is 4.80. The molecule has 6 nitrogen and oxygen atoms in total. The monoisotopic (exact) mass is 503 g/mol. The van der Waals surface area contributed by atoms with Crippen LogP contribution in [-0.2, 0) is 12.8 Å². The topological polar surface area (TPSA) is 69.6 Å². The Hall–Kier alpha value is -3.63. The molecule has 0 amide bonds. The van der Waals surface area contributed by atoms with E-state index in [2.05, 4.69) is 10.1 Å². The van der Waals surface area contributed by atoms with Crippen LogP contribution < -0.4 is 14.8 Å². The van der Waals surface area contributed by atoms with E-state index in [1.807, 2.05) is 18.2 Å². The smallest absolute Gasteiger partial charge is 0.416 e. The molecule has 0 aliphatic rings. The summed E-state index contributed by atoms with van der Waals surface area (Å²) in [6.45, 7) is 0.107. The molecule has 0 aliphatic heterocycles. The van der Waals surface area contributed by atoms with Crippen molar-refractivity contribution in [2.75, 3.05) is 0 Å². The second-order valence-corrected chi connectivity index (χ2v) is 8.55. The molecule has 3 heterocycles. The minimum absolute atomic E-state index is 0.101. The van der Waals surface area contributed by atoms with E-state index in [-0.39, 0.29) is 28.7 Å². The van der Waals surface area contributed by atoms with Gasteiger partial charge in [0.2, 0.25) is 4.96 Å². The van der Waals surface area contributed by atoms with E-state index >= 15 is 0 Å². The van der Waals surface area contributed by atoms with Crippen LogP contribution >= 0.6 is 22.9 Å². The first-order valence-electron chi connectivity index (χ1n) is 9.83. The molecule has 0 radical (unpaired) electrons. The van der Waals surface area contributed by atoms with Gasteiger partial charge in [-0.1, -0.05) is 41.1 Å². The van der Waals surface area contributed by atoms with Crippen LogP contribution in [0.25, 0.3) is 22.4 Å². The first-order valence-corrected chi connectivity index (χ1v) is 11.0. The van der Waals surface area contributed by atoms with E-state index in [1.165, 1.54) is 22.7 Å². The number of ether oxygens (including phenoxy) is 1. The Kier molecular flexibility index (Phi) is 5.62. The average Bonchev–Trinajstić information content (AvgIpc) is 3.50. The molecule has 0 spiro atoms. The zero-order valence-electron chi connectivity index (χ0n) is 17.0. The van der Waals surface area contributed by atoms with E-state index in [0.29, 0.717) is 21.1 Å². The Morgan fingerprint density at radius 3 is 2.65 bits per heavy atom. The standard InChI is InChI=1S/C23H13ClF3N3O3S/c24-17-8-6-13(23(25,26)27)10-16(17)18-9-7-15(33-18)11-19-21(31)30-22(34-19)28-20(29-30)12-32-14-4-2-1-3-5-14/h1-11H,12H2. The first kappa shape index (κ1) is 22.2. The van der Waals surface area contributed by atoms with Gasteiger partial charge in [-0.15, -0.1) is 5.10 Å². The summed E-state index contributed by atoms with van der Waals surface area (Å²) in [5, 5.41) is 4.30. The number of nitrogens with zero attached hydrogens (tertiary/aromatic N) is 3. The van der Waals surface area contributed by atoms with Gasteiger partial charge in [-0.05, 0) is 42.5 Å². The van der Waals surface area contributed by atoms with Crippen LogP contribution in [0.4, 0.5) is 13.2 Å². The van der Waals surface area contributed by atoms with Crippen LogP contribution in [0, 0.1) is 0 Å². The van der Waals surface area contributed by atoms with Crippen LogP contribution in [0.5, 0.6) is 5.75 Å². The highest BCUT2D eigenvalue weighted by Crippen LogP contribution is 2.36. The second-order valence-electron chi connectivity index (χ2n) is 7.13. The number of hydrogen-bond donors (Lipinski definition) is 0. The molecule has 11 heteroatoms. The predicted molar refractivity (Wildman–Crippen MR) is 121 cm³/mol. The number of benzene rings is 2. The van der Waals surface area contributed by atoms with Crippen molar-refractivity contribution in [1.29, 1.82) is 0 Å². The molecule has 5 aromatic rings. The van der Waals surface area contributed by atoms with E-state index in [9.17, 15) is 18.0 Å². The number of halogens is 4. The number of hydrogen-bond acceptors (Lipinski definition) is 6. The number of alkyl halides is 3. The lowest BCUT2D eigenvalue weighted by molar-refractivity contribution is -0.137. The van der Waals surface area contributed by atoms with Gasteiger partial charge >= 0.3 is 6.18 Å². The summed E-state index contributed by atoms with van der Waals surface area (Å²) in [5.74, 6) is 1.44. The van der Waals surface area contributed by atoms with E-state index in [0.717, 1.165) is 23.5 Å². The molecule has 0 aliphatic carbocycles. The SMILES string of the molecule is O=c1c(=Cc2ccc(-c3cc(C(F)(F)F)ccc3Cl)o2)sc2nc(COc3ccccc3)nn12. The van der Waals surface area contributed by atoms with Crippen molar-refractivity contribution >= 4 is 34.0 Å². The lowest BCUT2D eigenvalue weighted by atomic mass is 10.1. The van der Waals surface area contributed by atoms with E-state index in [4.69, 9.17) is 20.8 Å². The Bertz CT molecular complexity index is 1590. The summed E-state index contributed by atoms with van der Waals surface area (Å²) < 4.78 is 51.9. The quantitative estimate of drug-likeness (QED) is 0.329. The molecule has 0 saturated heterocycles. The highest BCUT2D eigenvalue weighted by molar-refractivity contribution is 7.15. The summed E-state index contributed by atoms with van der Waals surface area (Å²) in [6, 6.07) is 15.2. The van der Waals surface area contributed by atoms with Crippen molar-refractivity contribution < 1.29 is 22.3 Å². The van der Waals surface area contributed by atoms with Crippen molar-refractivity contribution in [2.45, 2.75) is 12.8 Å². The number of rotatable bonds is 5. The van der Waals surface area contributed by atoms with Crippen LogP contribution in [0.2, 0.25) is 5.02 Å². The van der Waals surface area contributed by atoms with Gasteiger partial charge < -0.3 is 9.15 Å². The van der Waals surface area contributed by atoms with E-state index in [1.54, 1.807) is 18.2 Å². The highest BCUT2D eigenvalue weighted by Gasteiger charge is 2.31. The maximum absolute atomic E-state index is 13.1. The van der Waals surface area contributed by atoms with Gasteiger partial charge in [0.05, 0.1) is 10.6 Å². The number of furan rings is 1. The van der Waals surface area contributed by atoms with Gasteiger partial charge in [0, 0.05) is 11.6 Å². The molecule has 0 N–H and O–H groups in total. The summed E-state index contributed by atoms with van der Waals surface area (Å²) in [5.41, 5.74) is -1.13. The summed E-state index contributed by atoms with van der Waals surface area (Å²) in [4.78, 5) is 17.4. The van der Waals surface area contributed by atoms with Gasteiger partial charge in [-0.2, -0.15) is 22.7 Å². The fourth-order valence-electron chi connectivity index (χ4n) is 3.19. The Morgan fingerprint density at radius 1 is 1.12 bits per heavy atom.